The lowest BCUT2D eigenvalue weighted by molar-refractivity contribution is -0.173. The van der Waals surface area contributed by atoms with Crippen LogP contribution < -0.4 is 15.4 Å². The zero-order valence-corrected chi connectivity index (χ0v) is 17.6. The Balaban J connectivity index is 1.60. The molecule has 2 N–H and O–H groups in total. The second kappa shape index (κ2) is 8.57. The third-order valence-corrected chi connectivity index (χ3v) is 5.55. The van der Waals surface area contributed by atoms with Crippen molar-refractivity contribution in [3.05, 3.63) is 77.0 Å². The standard InChI is InChI=1S/C23H23F3N4O2/c1-14-6-8-16(9-7-14)19-11-20(23(24,25)26)30-21(29-19)18(13-28-30)22(31)27-12-15-4-3-5-17(10-15)32-2/h3-10,13,19-20,29H,11-12H2,1-2H3,(H,27,31)/t19-,20+/m0/s1. The first kappa shape index (κ1) is 21.7. The van der Waals surface area contributed by atoms with Crippen molar-refractivity contribution < 1.29 is 22.7 Å². The first-order chi connectivity index (χ1) is 15.3. The van der Waals surface area contributed by atoms with Crippen LogP contribution in [0.5, 0.6) is 5.75 Å². The Hall–Kier alpha value is -3.49. The molecule has 0 spiro atoms. The van der Waals surface area contributed by atoms with Crippen molar-refractivity contribution in [2.75, 3.05) is 12.4 Å². The van der Waals surface area contributed by atoms with Gasteiger partial charge in [0.1, 0.15) is 17.1 Å². The number of hydrogen-bond donors (Lipinski definition) is 2. The molecule has 0 fully saturated rings. The number of rotatable bonds is 5. The van der Waals surface area contributed by atoms with Gasteiger partial charge in [-0.3, -0.25) is 4.79 Å². The van der Waals surface area contributed by atoms with Crippen molar-refractivity contribution in [3.8, 4) is 5.75 Å². The Labute approximate surface area is 183 Å². The van der Waals surface area contributed by atoms with Crippen molar-refractivity contribution in [1.29, 1.82) is 0 Å². The van der Waals surface area contributed by atoms with E-state index in [0.717, 1.165) is 21.4 Å². The molecule has 0 saturated heterocycles. The van der Waals surface area contributed by atoms with Crippen LogP contribution >= 0.6 is 0 Å². The van der Waals surface area contributed by atoms with E-state index in [1.54, 1.807) is 37.4 Å². The maximum atomic E-state index is 13.8. The summed E-state index contributed by atoms with van der Waals surface area (Å²) in [5.74, 6) is 0.203. The van der Waals surface area contributed by atoms with Gasteiger partial charge in [0, 0.05) is 13.0 Å². The number of amides is 1. The summed E-state index contributed by atoms with van der Waals surface area (Å²) in [5.41, 5.74) is 2.61. The van der Waals surface area contributed by atoms with Crippen LogP contribution in [-0.4, -0.2) is 29.0 Å². The fourth-order valence-electron chi connectivity index (χ4n) is 3.81. The molecule has 1 amide bonds. The maximum Gasteiger partial charge on any atom is 0.410 e. The predicted molar refractivity (Wildman–Crippen MR) is 114 cm³/mol. The van der Waals surface area contributed by atoms with Crippen LogP contribution in [0.4, 0.5) is 19.0 Å². The molecule has 0 unspecified atom stereocenters. The minimum absolute atomic E-state index is 0.0623. The molecule has 0 bridgehead atoms. The van der Waals surface area contributed by atoms with Gasteiger partial charge < -0.3 is 15.4 Å². The average Bonchev–Trinajstić information content (AvgIpc) is 3.21. The number of ether oxygens (including phenoxy) is 1. The van der Waals surface area contributed by atoms with Crippen LogP contribution in [-0.2, 0) is 6.54 Å². The van der Waals surface area contributed by atoms with Gasteiger partial charge in [0.15, 0.2) is 6.04 Å². The highest BCUT2D eigenvalue weighted by molar-refractivity contribution is 5.98. The lowest BCUT2D eigenvalue weighted by atomic mass is 9.96. The van der Waals surface area contributed by atoms with Crippen LogP contribution in [0, 0.1) is 6.92 Å². The number of alkyl halides is 3. The smallest absolute Gasteiger partial charge is 0.410 e. The first-order valence-electron chi connectivity index (χ1n) is 10.1. The minimum Gasteiger partial charge on any atom is -0.497 e. The van der Waals surface area contributed by atoms with Gasteiger partial charge in [-0.25, -0.2) is 4.68 Å². The summed E-state index contributed by atoms with van der Waals surface area (Å²) in [6, 6.07) is 12.1. The fourth-order valence-corrected chi connectivity index (χ4v) is 3.81. The number of carbonyl (C=O) groups excluding carboxylic acids is 1. The lowest BCUT2D eigenvalue weighted by Crippen LogP contribution is -2.36. The zero-order valence-electron chi connectivity index (χ0n) is 17.6. The molecule has 9 heteroatoms. The molecule has 168 valence electrons. The van der Waals surface area contributed by atoms with Gasteiger partial charge in [-0.1, -0.05) is 42.0 Å². The quantitative estimate of drug-likeness (QED) is 0.594. The summed E-state index contributed by atoms with van der Waals surface area (Å²) in [6.07, 6.45) is -3.54. The van der Waals surface area contributed by atoms with E-state index < -0.39 is 24.2 Å². The highest BCUT2D eigenvalue weighted by atomic mass is 19.4. The van der Waals surface area contributed by atoms with E-state index in [0.29, 0.717) is 5.75 Å². The van der Waals surface area contributed by atoms with E-state index in [2.05, 4.69) is 15.7 Å². The summed E-state index contributed by atoms with van der Waals surface area (Å²) in [6.45, 7) is 2.11. The number of carbonyl (C=O) groups is 1. The van der Waals surface area contributed by atoms with E-state index in [9.17, 15) is 18.0 Å². The summed E-state index contributed by atoms with van der Waals surface area (Å²) < 4.78 is 47.5. The Bertz CT molecular complexity index is 1110. The maximum absolute atomic E-state index is 13.8. The van der Waals surface area contributed by atoms with E-state index in [1.165, 1.54) is 6.20 Å². The molecule has 1 aromatic heterocycles. The van der Waals surface area contributed by atoms with Crippen LogP contribution in [0.3, 0.4) is 0 Å². The van der Waals surface area contributed by atoms with Crippen LogP contribution in [0.1, 0.15) is 45.6 Å². The molecule has 4 rings (SSSR count). The SMILES string of the molecule is COc1cccc(CNC(=O)c2cnn3c2N[C@H](c2ccc(C)cc2)C[C@@H]3C(F)(F)F)c1. The monoisotopic (exact) mass is 444 g/mol. The number of nitrogens with one attached hydrogen (secondary N) is 2. The summed E-state index contributed by atoms with van der Waals surface area (Å²) in [7, 11) is 1.55. The van der Waals surface area contributed by atoms with Crippen molar-refractivity contribution in [1.82, 2.24) is 15.1 Å². The van der Waals surface area contributed by atoms with Gasteiger partial charge in [0.25, 0.3) is 5.91 Å². The Morgan fingerprint density at radius 2 is 2.00 bits per heavy atom. The molecule has 6 nitrogen and oxygen atoms in total. The third kappa shape index (κ3) is 4.42. The van der Waals surface area contributed by atoms with E-state index >= 15 is 0 Å². The summed E-state index contributed by atoms with van der Waals surface area (Å²) in [5, 5.41) is 9.75. The Morgan fingerprint density at radius 1 is 1.25 bits per heavy atom. The van der Waals surface area contributed by atoms with Crippen molar-refractivity contribution in [3.63, 3.8) is 0 Å². The molecule has 1 aliphatic rings. The van der Waals surface area contributed by atoms with Crippen molar-refractivity contribution in [2.24, 2.45) is 0 Å². The molecular weight excluding hydrogens is 421 g/mol. The van der Waals surface area contributed by atoms with Gasteiger partial charge >= 0.3 is 6.18 Å². The molecule has 1 aliphatic heterocycles. The van der Waals surface area contributed by atoms with E-state index in [4.69, 9.17) is 4.74 Å². The number of benzene rings is 2. The first-order valence-corrected chi connectivity index (χ1v) is 10.1. The molecule has 0 saturated carbocycles. The summed E-state index contributed by atoms with van der Waals surface area (Å²) in [4.78, 5) is 12.8. The molecular formula is C23H23F3N4O2. The van der Waals surface area contributed by atoms with Crippen molar-refractivity contribution >= 4 is 11.7 Å². The van der Waals surface area contributed by atoms with E-state index in [1.807, 2.05) is 25.1 Å². The lowest BCUT2D eigenvalue weighted by Gasteiger charge is -2.34. The zero-order chi connectivity index (χ0) is 22.9. The number of nitrogens with zero attached hydrogens (tertiary/aromatic N) is 2. The fraction of sp³-hybridized carbons (Fsp3) is 0.304. The van der Waals surface area contributed by atoms with Gasteiger partial charge in [0.2, 0.25) is 0 Å². The highest BCUT2D eigenvalue weighted by Crippen LogP contribution is 2.44. The molecule has 0 radical (unpaired) electrons. The van der Waals surface area contributed by atoms with Gasteiger partial charge in [0.05, 0.1) is 19.3 Å². The number of aryl methyl sites for hydroxylation is 1. The van der Waals surface area contributed by atoms with Crippen LogP contribution in [0.2, 0.25) is 0 Å². The topological polar surface area (TPSA) is 68.2 Å². The molecule has 3 aromatic rings. The molecule has 0 aliphatic carbocycles. The number of halogens is 3. The third-order valence-electron chi connectivity index (χ3n) is 5.55. The van der Waals surface area contributed by atoms with Gasteiger partial charge in [-0.05, 0) is 30.2 Å². The number of anilines is 1. The Kier molecular flexibility index (Phi) is 5.82. The average molecular weight is 444 g/mol. The molecule has 32 heavy (non-hydrogen) atoms. The largest absolute Gasteiger partial charge is 0.497 e. The van der Waals surface area contributed by atoms with E-state index in [-0.39, 0.29) is 24.3 Å². The Morgan fingerprint density at radius 3 is 2.69 bits per heavy atom. The van der Waals surface area contributed by atoms with Gasteiger partial charge in [-0.2, -0.15) is 18.3 Å². The normalized spacial score (nSPS) is 17.9. The highest BCUT2D eigenvalue weighted by Gasteiger charge is 2.47. The molecule has 2 atom stereocenters. The second-order valence-electron chi connectivity index (χ2n) is 7.79. The van der Waals surface area contributed by atoms with Crippen molar-refractivity contribution in [2.45, 2.75) is 38.1 Å². The van der Waals surface area contributed by atoms with Gasteiger partial charge in [-0.15, -0.1) is 0 Å². The van der Waals surface area contributed by atoms with Crippen LogP contribution in [0.25, 0.3) is 0 Å². The number of aromatic nitrogens is 2. The molecule has 2 aromatic carbocycles. The number of hydrogen-bond acceptors (Lipinski definition) is 4. The second-order valence-corrected chi connectivity index (χ2v) is 7.79. The minimum atomic E-state index is -4.50. The van der Waals surface area contributed by atoms with Crippen LogP contribution in [0.15, 0.2) is 54.7 Å². The predicted octanol–water partition coefficient (Wildman–Crippen LogP) is 4.79. The number of fused-ring (bicyclic) bond motifs is 1. The summed E-state index contributed by atoms with van der Waals surface area (Å²) >= 11 is 0. The number of methoxy groups -OCH3 is 1. The molecule has 2 heterocycles.